The maximum Gasteiger partial charge on any atom is 0.243 e. The summed E-state index contributed by atoms with van der Waals surface area (Å²) in [5.74, 6) is 0.942. The van der Waals surface area contributed by atoms with Crippen molar-refractivity contribution in [3.63, 3.8) is 0 Å². The Balaban J connectivity index is 1.18. The minimum atomic E-state index is -0.675. The number of nitrogens with one attached hydrogen (secondary N) is 2. The van der Waals surface area contributed by atoms with E-state index < -0.39 is 5.41 Å². The fourth-order valence-electron chi connectivity index (χ4n) is 7.63. The van der Waals surface area contributed by atoms with E-state index in [-0.39, 0.29) is 11.8 Å². The van der Waals surface area contributed by atoms with Crippen molar-refractivity contribution in [1.29, 1.82) is 0 Å². The molecule has 2 amide bonds. The predicted octanol–water partition coefficient (Wildman–Crippen LogP) is 10.3. The number of rotatable bonds is 16. The zero-order valence-corrected chi connectivity index (χ0v) is 35.8. The zero-order chi connectivity index (χ0) is 42.9. The van der Waals surface area contributed by atoms with Crippen molar-refractivity contribution < 1.29 is 19.1 Å². The van der Waals surface area contributed by atoms with E-state index in [9.17, 15) is 9.59 Å². The highest BCUT2D eigenvalue weighted by Gasteiger charge is 2.46. The molecule has 6 aromatic carbocycles. The molecule has 0 fully saturated rings. The van der Waals surface area contributed by atoms with Crippen molar-refractivity contribution >= 4 is 59.9 Å². The van der Waals surface area contributed by atoms with Gasteiger partial charge in [0.05, 0.1) is 29.9 Å². The van der Waals surface area contributed by atoms with Crippen LogP contribution in [0, 0.1) is 0 Å². The van der Waals surface area contributed by atoms with Gasteiger partial charge < -0.3 is 20.1 Å². The molecule has 2 N–H and O–H groups in total. The molecule has 0 aliphatic heterocycles. The van der Waals surface area contributed by atoms with Crippen LogP contribution in [0.3, 0.4) is 0 Å². The van der Waals surface area contributed by atoms with Gasteiger partial charge in [0, 0.05) is 21.2 Å². The number of carbonyl (C=O) groups is 2. The molecule has 1 aliphatic carbocycles. The molecule has 306 valence electrons. The third-order valence-electron chi connectivity index (χ3n) is 10.6. The first-order valence-electron chi connectivity index (χ1n) is 19.9. The van der Waals surface area contributed by atoms with Crippen molar-refractivity contribution in [3.05, 3.63) is 192 Å². The van der Waals surface area contributed by atoms with Crippen molar-refractivity contribution in [2.75, 3.05) is 26.3 Å². The van der Waals surface area contributed by atoms with Crippen LogP contribution in [0.25, 0.3) is 11.1 Å². The molecule has 0 unspecified atom stereocenters. The van der Waals surface area contributed by atoms with E-state index in [0.29, 0.717) is 37.8 Å². The first kappa shape index (κ1) is 42.5. The molecular formula is C51H46N4O4S2. The molecule has 7 rings (SSSR count). The van der Waals surface area contributed by atoms with Gasteiger partial charge in [-0.25, -0.2) is 0 Å². The number of hydrogen-bond acceptors (Lipinski definition) is 8. The summed E-state index contributed by atoms with van der Waals surface area (Å²) in [5.41, 5.74) is 11.2. The summed E-state index contributed by atoms with van der Waals surface area (Å²) in [6, 6.07) is 45.3. The van der Waals surface area contributed by atoms with E-state index in [4.69, 9.17) is 44.7 Å². The molecule has 0 radical (unpaired) electrons. The Morgan fingerprint density at radius 2 is 0.984 bits per heavy atom. The summed E-state index contributed by atoms with van der Waals surface area (Å²) in [6.45, 7) is 12.3. The summed E-state index contributed by atoms with van der Waals surface area (Å²) in [5, 5.41) is 5.41. The number of benzene rings is 6. The summed E-state index contributed by atoms with van der Waals surface area (Å²) in [4.78, 5) is 34.3. The predicted molar refractivity (Wildman–Crippen MR) is 252 cm³/mol. The van der Waals surface area contributed by atoms with Crippen molar-refractivity contribution in [3.8, 4) is 22.6 Å². The fourth-order valence-corrected chi connectivity index (χ4v) is 8.16. The van der Waals surface area contributed by atoms with E-state index in [1.165, 1.54) is 34.4 Å². The lowest BCUT2D eigenvalue weighted by Gasteiger charge is -2.34. The Bertz CT molecular complexity index is 2490. The van der Waals surface area contributed by atoms with Crippen LogP contribution in [0.1, 0.15) is 47.2 Å². The zero-order valence-electron chi connectivity index (χ0n) is 34.0. The van der Waals surface area contributed by atoms with Gasteiger partial charge in [0.15, 0.2) is 0 Å². The molecule has 6 aromatic rings. The Hall–Kier alpha value is -6.62. The Labute approximate surface area is 368 Å². The van der Waals surface area contributed by atoms with Gasteiger partial charge in [0.1, 0.15) is 24.7 Å². The van der Waals surface area contributed by atoms with Crippen molar-refractivity contribution in [2.45, 2.75) is 29.1 Å². The summed E-state index contributed by atoms with van der Waals surface area (Å²) >= 11 is 10.1. The fraction of sp³-hybridized carbons (Fsp3) is 0.137. The van der Waals surface area contributed by atoms with Gasteiger partial charge in [-0.05, 0) is 143 Å². The van der Waals surface area contributed by atoms with Crippen LogP contribution in [-0.4, -0.2) is 49.5 Å². The Morgan fingerprint density at radius 3 is 1.36 bits per heavy atom. The number of nitrogens with zero attached hydrogens (tertiary/aromatic N) is 2. The molecule has 8 nitrogen and oxygen atoms in total. The van der Waals surface area contributed by atoms with Crippen molar-refractivity contribution in [1.82, 2.24) is 10.6 Å². The van der Waals surface area contributed by atoms with Gasteiger partial charge in [0.25, 0.3) is 0 Å². The number of thiol groups is 2. The molecule has 0 spiro atoms. The van der Waals surface area contributed by atoms with E-state index in [0.717, 1.165) is 54.8 Å². The van der Waals surface area contributed by atoms with Crippen molar-refractivity contribution in [2.24, 2.45) is 9.98 Å². The maximum absolute atomic E-state index is 11.4. The number of ether oxygens (including phenoxy) is 2. The number of hydrogen-bond donors (Lipinski definition) is 4. The van der Waals surface area contributed by atoms with Gasteiger partial charge in [-0.3, -0.25) is 19.6 Å². The van der Waals surface area contributed by atoms with E-state index in [1.54, 1.807) is 0 Å². The summed E-state index contributed by atoms with van der Waals surface area (Å²) < 4.78 is 11.6. The molecule has 61 heavy (non-hydrogen) atoms. The average Bonchev–Trinajstić information content (AvgIpc) is 3.59. The molecule has 0 heterocycles. The first-order chi connectivity index (χ1) is 29.6. The lowest BCUT2D eigenvalue weighted by Crippen LogP contribution is -2.28. The quantitative estimate of drug-likeness (QED) is 0.0337. The number of amides is 2. The van der Waals surface area contributed by atoms with Crippen LogP contribution in [0.5, 0.6) is 11.5 Å². The third-order valence-corrected chi connectivity index (χ3v) is 11.3. The molecule has 0 aromatic heterocycles. The van der Waals surface area contributed by atoms with Crippen LogP contribution < -0.4 is 20.1 Å². The van der Waals surface area contributed by atoms with Crippen LogP contribution >= 0.6 is 25.3 Å². The highest BCUT2D eigenvalue weighted by atomic mass is 32.1. The van der Waals surface area contributed by atoms with Crippen LogP contribution in [0.2, 0.25) is 0 Å². The second-order valence-electron chi connectivity index (χ2n) is 14.4. The lowest BCUT2D eigenvalue weighted by molar-refractivity contribution is -0.117. The summed E-state index contributed by atoms with van der Waals surface area (Å²) in [6.07, 6.45) is 2.47. The summed E-state index contributed by atoms with van der Waals surface area (Å²) in [7, 11) is 0. The molecule has 0 bridgehead atoms. The molecule has 0 saturated heterocycles. The van der Waals surface area contributed by atoms with Gasteiger partial charge >= 0.3 is 0 Å². The standard InChI is InChI=1S/C51H46N4O4S2/c1-5-49(56)52-27-29-58-39-21-15-35(16-22-39)33(3)54-45-25-19-37(31-47(45)60)51(43-13-9-7-11-41(43)42-12-8-10-14-44(42)51)38-20-26-46(48(61)32-38)55-34(4)36-17-23-40(24-18-36)59-30-28-53-50(57)6-2/h5-26,31-32,60-61H,1-2,27-30H2,3-4H3,(H,52,56)(H,53,57). The number of aliphatic imine (C=N–C) groups is 2. The SMILES string of the molecule is C=CC(=O)NCCOc1ccc(C(C)=Nc2ccc(C3(c4ccc(N=C(C)c5ccc(OCCNC(=O)C=C)cc5)c(S)c4)c4ccccc4-c4ccccc43)cc2S)cc1. The van der Waals surface area contributed by atoms with E-state index in [1.807, 2.05) is 74.5 Å². The third kappa shape index (κ3) is 9.26. The van der Waals surface area contributed by atoms with Gasteiger partial charge in [-0.1, -0.05) is 73.8 Å². The Morgan fingerprint density at radius 1 is 0.590 bits per heavy atom. The monoisotopic (exact) mass is 842 g/mol. The maximum atomic E-state index is 11.4. The normalized spacial score (nSPS) is 12.8. The molecule has 0 atom stereocenters. The first-order valence-corrected chi connectivity index (χ1v) is 20.8. The minimum Gasteiger partial charge on any atom is -0.492 e. The largest absolute Gasteiger partial charge is 0.492 e. The van der Waals surface area contributed by atoms with E-state index >= 15 is 0 Å². The second kappa shape index (κ2) is 19.2. The van der Waals surface area contributed by atoms with Gasteiger partial charge in [-0.2, -0.15) is 0 Å². The Kier molecular flexibility index (Phi) is 13.4. The highest BCUT2D eigenvalue weighted by Crippen LogP contribution is 2.57. The average molecular weight is 843 g/mol. The highest BCUT2D eigenvalue weighted by molar-refractivity contribution is 7.80. The molecular weight excluding hydrogens is 797 g/mol. The van der Waals surface area contributed by atoms with Crippen LogP contribution in [0.4, 0.5) is 11.4 Å². The molecule has 1 aliphatic rings. The van der Waals surface area contributed by atoms with Crippen LogP contribution in [-0.2, 0) is 15.0 Å². The number of carbonyl (C=O) groups excluding carboxylic acids is 2. The van der Waals surface area contributed by atoms with Gasteiger partial charge in [0.2, 0.25) is 11.8 Å². The molecule has 10 heteroatoms. The van der Waals surface area contributed by atoms with Gasteiger partial charge in [-0.15, -0.1) is 25.3 Å². The minimum absolute atomic E-state index is 0.230. The topological polar surface area (TPSA) is 101 Å². The van der Waals surface area contributed by atoms with Crippen LogP contribution in [0.15, 0.2) is 179 Å². The second-order valence-corrected chi connectivity index (χ2v) is 15.3. The smallest absolute Gasteiger partial charge is 0.243 e. The number of fused-ring (bicyclic) bond motifs is 3. The molecule has 0 saturated carbocycles. The van der Waals surface area contributed by atoms with E-state index in [2.05, 4.69) is 96.6 Å². The lowest BCUT2D eigenvalue weighted by atomic mass is 9.67.